The molecule has 0 radical (unpaired) electrons. The quantitative estimate of drug-likeness (QED) is 0.721. The number of benzene rings is 1. The van der Waals surface area contributed by atoms with Gasteiger partial charge in [-0.1, -0.05) is 5.92 Å². The molecule has 0 unspecified atom stereocenters. The van der Waals surface area contributed by atoms with Crippen molar-refractivity contribution in [3.63, 3.8) is 0 Å². The molecule has 0 aliphatic heterocycles. The van der Waals surface area contributed by atoms with Gasteiger partial charge >= 0.3 is 0 Å². The van der Waals surface area contributed by atoms with E-state index in [1.54, 1.807) is 18.2 Å². The zero-order chi connectivity index (χ0) is 12.0. The predicted octanol–water partition coefficient (Wildman–Crippen LogP) is 1.59. The van der Waals surface area contributed by atoms with Crippen LogP contribution in [-0.2, 0) is 0 Å². The monoisotopic (exact) mass is 217 g/mol. The fourth-order valence-electron chi connectivity index (χ4n) is 1.25. The number of hydrogen-bond acceptors (Lipinski definition) is 4. The number of ether oxygens (including phenoxy) is 3. The van der Waals surface area contributed by atoms with Crippen molar-refractivity contribution in [3.8, 4) is 35.2 Å². The van der Waals surface area contributed by atoms with Gasteiger partial charge in [0.1, 0.15) is 0 Å². The van der Waals surface area contributed by atoms with Crippen molar-refractivity contribution in [1.82, 2.24) is 0 Å². The third-order valence-corrected chi connectivity index (χ3v) is 1.93. The van der Waals surface area contributed by atoms with E-state index in [1.807, 2.05) is 0 Å². The van der Waals surface area contributed by atoms with Gasteiger partial charge in [-0.3, -0.25) is 0 Å². The molecule has 4 heteroatoms. The summed E-state index contributed by atoms with van der Waals surface area (Å²) in [5.74, 6) is 6.52. The Morgan fingerprint density at radius 1 is 1.00 bits per heavy atom. The Balaban J connectivity index is 3.32. The summed E-state index contributed by atoms with van der Waals surface area (Å²) in [4.78, 5) is 0. The standard InChI is InChI=1S/C12H11NO3/c1-14-10-7-9(5-4-6-13)8-11(15-2)12(10)16-3/h7-8H,1-3H3. The van der Waals surface area contributed by atoms with Gasteiger partial charge in [-0.25, -0.2) is 0 Å². The van der Waals surface area contributed by atoms with Crippen molar-refractivity contribution >= 4 is 0 Å². The fraction of sp³-hybridized carbons (Fsp3) is 0.250. The minimum Gasteiger partial charge on any atom is -0.493 e. The SMILES string of the molecule is COc1cc(C#CC#N)cc(OC)c1OC. The molecule has 82 valence electrons. The Morgan fingerprint density at radius 2 is 1.56 bits per heavy atom. The highest BCUT2D eigenvalue weighted by atomic mass is 16.5. The van der Waals surface area contributed by atoms with E-state index < -0.39 is 0 Å². The molecule has 0 amide bonds. The van der Waals surface area contributed by atoms with Crippen LogP contribution in [0.15, 0.2) is 12.1 Å². The van der Waals surface area contributed by atoms with Crippen LogP contribution in [0.4, 0.5) is 0 Å². The Hall–Kier alpha value is -2.33. The molecule has 1 aromatic carbocycles. The first-order valence-corrected chi connectivity index (χ1v) is 4.47. The van der Waals surface area contributed by atoms with E-state index in [4.69, 9.17) is 19.5 Å². The van der Waals surface area contributed by atoms with Crippen molar-refractivity contribution in [2.45, 2.75) is 0 Å². The normalized spacial score (nSPS) is 8.38. The molecule has 0 saturated carbocycles. The lowest BCUT2D eigenvalue weighted by atomic mass is 10.2. The number of nitriles is 1. The summed E-state index contributed by atoms with van der Waals surface area (Å²) in [6, 6.07) is 5.12. The van der Waals surface area contributed by atoms with E-state index in [2.05, 4.69) is 11.8 Å². The molecular formula is C12H11NO3. The second kappa shape index (κ2) is 5.53. The van der Waals surface area contributed by atoms with E-state index in [9.17, 15) is 0 Å². The van der Waals surface area contributed by atoms with Crippen LogP contribution in [0.5, 0.6) is 17.2 Å². The largest absolute Gasteiger partial charge is 0.493 e. The summed E-state index contributed by atoms with van der Waals surface area (Å²) in [7, 11) is 4.58. The first kappa shape index (κ1) is 11.7. The lowest BCUT2D eigenvalue weighted by Gasteiger charge is -2.12. The zero-order valence-corrected chi connectivity index (χ0v) is 9.33. The molecular weight excluding hydrogens is 206 g/mol. The molecule has 1 rings (SSSR count). The summed E-state index contributed by atoms with van der Waals surface area (Å²) in [6.45, 7) is 0. The highest BCUT2D eigenvalue weighted by Gasteiger charge is 2.11. The molecule has 0 heterocycles. The van der Waals surface area contributed by atoms with Gasteiger partial charge in [0.2, 0.25) is 5.75 Å². The maximum Gasteiger partial charge on any atom is 0.203 e. The number of methoxy groups -OCH3 is 3. The number of hydrogen-bond donors (Lipinski definition) is 0. The molecule has 0 fully saturated rings. The van der Waals surface area contributed by atoms with E-state index in [0.717, 1.165) is 0 Å². The number of nitrogens with zero attached hydrogens (tertiary/aromatic N) is 1. The minimum atomic E-state index is 0.507. The van der Waals surface area contributed by atoms with Crippen molar-refractivity contribution < 1.29 is 14.2 Å². The highest BCUT2D eigenvalue weighted by molar-refractivity contribution is 5.57. The lowest BCUT2D eigenvalue weighted by molar-refractivity contribution is 0.324. The minimum absolute atomic E-state index is 0.507. The van der Waals surface area contributed by atoms with E-state index in [0.29, 0.717) is 22.8 Å². The molecule has 16 heavy (non-hydrogen) atoms. The summed E-state index contributed by atoms with van der Waals surface area (Å²) in [5, 5.41) is 8.37. The summed E-state index contributed by atoms with van der Waals surface area (Å²) >= 11 is 0. The smallest absolute Gasteiger partial charge is 0.203 e. The van der Waals surface area contributed by atoms with E-state index in [-0.39, 0.29) is 0 Å². The molecule has 0 aromatic heterocycles. The van der Waals surface area contributed by atoms with Gasteiger partial charge in [0.05, 0.1) is 21.3 Å². The maximum atomic E-state index is 8.37. The van der Waals surface area contributed by atoms with Gasteiger partial charge in [0, 0.05) is 11.5 Å². The molecule has 0 bridgehead atoms. The Morgan fingerprint density at radius 3 is 1.94 bits per heavy atom. The van der Waals surface area contributed by atoms with Crippen LogP contribution in [0.3, 0.4) is 0 Å². The van der Waals surface area contributed by atoms with Crippen LogP contribution in [-0.4, -0.2) is 21.3 Å². The van der Waals surface area contributed by atoms with Crippen molar-refractivity contribution in [3.05, 3.63) is 17.7 Å². The van der Waals surface area contributed by atoms with Gasteiger partial charge in [-0.2, -0.15) is 5.26 Å². The second-order valence-electron chi connectivity index (χ2n) is 2.78. The molecule has 0 atom stereocenters. The molecule has 0 aliphatic rings. The first-order chi connectivity index (χ1) is 7.76. The lowest BCUT2D eigenvalue weighted by Crippen LogP contribution is -1.95. The van der Waals surface area contributed by atoms with E-state index in [1.165, 1.54) is 21.3 Å². The predicted molar refractivity (Wildman–Crippen MR) is 58.6 cm³/mol. The molecule has 0 spiro atoms. The zero-order valence-electron chi connectivity index (χ0n) is 9.33. The highest BCUT2D eigenvalue weighted by Crippen LogP contribution is 2.37. The van der Waals surface area contributed by atoms with Crippen LogP contribution >= 0.6 is 0 Å². The first-order valence-electron chi connectivity index (χ1n) is 4.47. The van der Waals surface area contributed by atoms with Gasteiger partial charge in [0.15, 0.2) is 17.6 Å². The molecule has 0 saturated heterocycles. The average Bonchev–Trinajstić information content (AvgIpc) is 2.34. The maximum absolute atomic E-state index is 8.37. The second-order valence-corrected chi connectivity index (χ2v) is 2.78. The topological polar surface area (TPSA) is 51.5 Å². The number of rotatable bonds is 3. The van der Waals surface area contributed by atoms with E-state index >= 15 is 0 Å². The Kier molecular flexibility index (Phi) is 4.06. The van der Waals surface area contributed by atoms with Gasteiger partial charge < -0.3 is 14.2 Å². The molecule has 4 nitrogen and oxygen atoms in total. The molecule has 1 aromatic rings. The van der Waals surface area contributed by atoms with Gasteiger partial charge in [0.25, 0.3) is 0 Å². The third kappa shape index (κ3) is 2.37. The van der Waals surface area contributed by atoms with Crippen LogP contribution in [0, 0.1) is 23.2 Å². The average molecular weight is 217 g/mol. The van der Waals surface area contributed by atoms with Gasteiger partial charge in [-0.15, -0.1) is 0 Å². The Labute approximate surface area is 94.4 Å². The van der Waals surface area contributed by atoms with Gasteiger partial charge in [-0.05, 0) is 12.1 Å². The van der Waals surface area contributed by atoms with Crippen LogP contribution < -0.4 is 14.2 Å². The van der Waals surface area contributed by atoms with Crippen molar-refractivity contribution in [2.75, 3.05) is 21.3 Å². The third-order valence-electron chi connectivity index (χ3n) is 1.93. The van der Waals surface area contributed by atoms with Crippen LogP contribution in [0.2, 0.25) is 0 Å². The molecule has 0 N–H and O–H groups in total. The fourth-order valence-corrected chi connectivity index (χ4v) is 1.25. The molecule has 0 aliphatic carbocycles. The van der Waals surface area contributed by atoms with Crippen molar-refractivity contribution in [2.24, 2.45) is 0 Å². The van der Waals surface area contributed by atoms with Crippen LogP contribution in [0.25, 0.3) is 0 Å². The van der Waals surface area contributed by atoms with Crippen molar-refractivity contribution in [1.29, 1.82) is 5.26 Å². The Bertz CT molecular complexity index is 452. The van der Waals surface area contributed by atoms with Crippen LogP contribution in [0.1, 0.15) is 5.56 Å². The summed E-state index contributed by atoms with van der Waals surface area (Å²) in [6.07, 6.45) is 0. The summed E-state index contributed by atoms with van der Waals surface area (Å²) in [5.41, 5.74) is 0.635. The summed E-state index contributed by atoms with van der Waals surface area (Å²) < 4.78 is 15.4.